The normalized spacial score (nSPS) is 26.6. The third kappa shape index (κ3) is 4.40. The van der Waals surface area contributed by atoms with E-state index < -0.39 is 0 Å². The van der Waals surface area contributed by atoms with Gasteiger partial charge >= 0.3 is 0 Å². The summed E-state index contributed by atoms with van der Waals surface area (Å²) in [6.45, 7) is 6.63. The molecule has 84 valence electrons. The van der Waals surface area contributed by atoms with Crippen molar-refractivity contribution in [1.29, 1.82) is 0 Å². The Balaban J connectivity index is 1.81. The smallest absolute Gasteiger partial charge is 0.0704 e. The minimum atomic E-state index is 0.468. The Labute approximate surface area is 87.2 Å². The molecule has 0 atom stereocenters. The minimum absolute atomic E-state index is 0.468. The van der Waals surface area contributed by atoms with E-state index in [0.29, 0.717) is 18.1 Å². The van der Waals surface area contributed by atoms with Crippen LogP contribution in [-0.2, 0) is 9.47 Å². The first-order chi connectivity index (χ1) is 6.72. The molecule has 0 radical (unpaired) electrons. The summed E-state index contributed by atoms with van der Waals surface area (Å²) in [7, 11) is 2.01. The van der Waals surface area contributed by atoms with E-state index in [-0.39, 0.29) is 0 Å². The lowest BCUT2D eigenvalue weighted by molar-refractivity contribution is -0.0433. The third-order valence-electron chi connectivity index (χ3n) is 2.54. The van der Waals surface area contributed by atoms with Gasteiger partial charge in [-0.1, -0.05) is 13.8 Å². The maximum atomic E-state index is 5.63. The van der Waals surface area contributed by atoms with Gasteiger partial charge < -0.3 is 14.8 Å². The van der Waals surface area contributed by atoms with Gasteiger partial charge in [0.05, 0.1) is 19.3 Å². The van der Waals surface area contributed by atoms with Crippen LogP contribution in [0.5, 0.6) is 0 Å². The van der Waals surface area contributed by atoms with E-state index in [2.05, 4.69) is 19.2 Å². The Hall–Kier alpha value is -0.120. The second kappa shape index (κ2) is 6.38. The van der Waals surface area contributed by atoms with Crippen molar-refractivity contribution in [2.24, 2.45) is 5.92 Å². The highest BCUT2D eigenvalue weighted by Crippen LogP contribution is 2.22. The van der Waals surface area contributed by atoms with E-state index in [1.165, 1.54) is 0 Å². The number of hydrogen-bond acceptors (Lipinski definition) is 3. The van der Waals surface area contributed by atoms with Gasteiger partial charge in [-0.2, -0.15) is 0 Å². The minimum Gasteiger partial charge on any atom is -0.379 e. The SMILES string of the molecule is CNC1CC(OCCOCC(C)C)C1. The summed E-state index contributed by atoms with van der Waals surface area (Å²) in [6.07, 6.45) is 2.77. The average Bonchev–Trinajstić information content (AvgIpc) is 2.07. The number of ether oxygens (including phenoxy) is 2. The summed E-state index contributed by atoms with van der Waals surface area (Å²) >= 11 is 0. The Bertz CT molecular complexity index is 144. The van der Waals surface area contributed by atoms with E-state index in [1.807, 2.05) is 7.05 Å². The topological polar surface area (TPSA) is 30.5 Å². The van der Waals surface area contributed by atoms with E-state index in [0.717, 1.165) is 32.7 Å². The van der Waals surface area contributed by atoms with Crippen molar-refractivity contribution >= 4 is 0 Å². The molecule has 0 heterocycles. The van der Waals surface area contributed by atoms with E-state index in [1.54, 1.807) is 0 Å². The lowest BCUT2D eigenvalue weighted by Crippen LogP contribution is -2.44. The quantitative estimate of drug-likeness (QED) is 0.632. The molecule has 0 aromatic heterocycles. The third-order valence-corrected chi connectivity index (χ3v) is 2.54. The highest BCUT2D eigenvalue weighted by molar-refractivity contribution is 4.84. The van der Waals surface area contributed by atoms with Gasteiger partial charge in [-0.05, 0) is 25.8 Å². The molecule has 14 heavy (non-hydrogen) atoms. The zero-order chi connectivity index (χ0) is 10.4. The monoisotopic (exact) mass is 201 g/mol. The lowest BCUT2D eigenvalue weighted by atomic mass is 9.89. The molecule has 0 saturated heterocycles. The van der Waals surface area contributed by atoms with Gasteiger partial charge in [-0.25, -0.2) is 0 Å². The number of hydrogen-bond donors (Lipinski definition) is 1. The van der Waals surface area contributed by atoms with Crippen molar-refractivity contribution in [3.05, 3.63) is 0 Å². The van der Waals surface area contributed by atoms with Crippen LogP contribution in [0.15, 0.2) is 0 Å². The van der Waals surface area contributed by atoms with Crippen molar-refractivity contribution in [3.63, 3.8) is 0 Å². The first-order valence-electron chi connectivity index (χ1n) is 5.59. The van der Waals surface area contributed by atoms with Crippen LogP contribution in [0, 0.1) is 5.92 Å². The molecule has 0 unspecified atom stereocenters. The molecule has 3 nitrogen and oxygen atoms in total. The van der Waals surface area contributed by atoms with Crippen LogP contribution < -0.4 is 5.32 Å². The number of nitrogens with one attached hydrogen (secondary N) is 1. The summed E-state index contributed by atoms with van der Waals surface area (Å²) in [5.74, 6) is 0.618. The molecular weight excluding hydrogens is 178 g/mol. The first kappa shape index (κ1) is 12.0. The van der Waals surface area contributed by atoms with Crippen LogP contribution in [-0.4, -0.2) is 39.0 Å². The number of rotatable bonds is 7. The maximum Gasteiger partial charge on any atom is 0.0704 e. The second-order valence-corrected chi connectivity index (χ2v) is 4.42. The summed E-state index contributed by atoms with van der Waals surface area (Å²) in [5, 5.41) is 3.24. The van der Waals surface area contributed by atoms with E-state index in [4.69, 9.17) is 9.47 Å². The fourth-order valence-electron chi connectivity index (χ4n) is 1.53. The van der Waals surface area contributed by atoms with E-state index >= 15 is 0 Å². The molecule has 1 aliphatic carbocycles. The fraction of sp³-hybridized carbons (Fsp3) is 1.00. The van der Waals surface area contributed by atoms with Crippen molar-refractivity contribution in [3.8, 4) is 0 Å². The van der Waals surface area contributed by atoms with Gasteiger partial charge in [0.25, 0.3) is 0 Å². The van der Waals surface area contributed by atoms with Gasteiger partial charge in [0.2, 0.25) is 0 Å². The summed E-state index contributed by atoms with van der Waals surface area (Å²) in [6, 6.07) is 0.677. The molecule has 1 aliphatic rings. The Kier molecular flexibility index (Phi) is 5.45. The molecule has 0 aromatic carbocycles. The van der Waals surface area contributed by atoms with Gasteiger partial charge in [0.15, 0.2) is 0 Å². The van der Waals surface area contributed by atoms with Crippen LogP contribution in [0.25, 0.3) is 0 Å². The molecule has 1 fully saturated rings. The highest BCUT2D eigenvalue weighted by Gasteiger charge is 2.27. The van der Waals surface area contributed by atoms with Gasteiger partial charge in [-0.3, -0.25) is 0 Å². The zero-order valence-electron chi connectivity index (χ0n) is 9.58. The lowest BCUT2D eigenvalue weighted by Gasteiger charge is -2.34. The zero-order valence-corrected chi connectivity index (χ0v) is 9.58. The van der Waals surface area contributed by atoms with Crippen molar-refractivity contribution in [1.82, 2.24) is 5.32 Å². The van der Waals surface area contributed by atoms with E-state index in [9.17, 15) is 0 Å². The standard InChI is InChI=1S/C11H23NO2/c1-9(2)8-13-4-5-14-11-6-10(7-11)12-3/h9-12H,4-8H2,1-3H3. The fourth-order valence-corrected chi connectivity index (χ4v) is 1.53. The van der Waals surface area contributed by atoms with Crippen LogP contribution in [0.3, 0.4) is 0 Å². The molecule has 1 saturated carbocycles. The Morgan fingerprint density at radius 1 is 1.29 bits per heavy atom. The van der Waals surface area contributed by atoms with Gasteiger partial charge in [0.1, 0.15) is 0 Å². The largest absolute Gasteiger partial charge is 0.379 e. The molecule has 0 amide bonds. The van der Waals surface area contributed by atoms with Crippen LogP contribution in [0.4, 0.5) is 0 Å². The highest BCUT2D eigenvalue weighted by atomic mass is 16.5. The van der Waals surface area contributed by atoms with Gasteiger partial charge in [-0.15, -0.1) is 0 Å². The van der Waals surface area contributed by atoms with Crippen LogP contribution in [0.2, 0.25) is 0 Å². The maximum absolute atomic E-state index is 5.63. The van der Waals surface area contributed by atoms with Crippen molar-refractivity contribution in [2.75, 3.05) is 26.9 Å². The van der Waals surface area contributed by atoms with Gasteiger partial charge in [0, 0.05) is 12.6 Å². The predicted molar refractivity (Wildman–Crippen MR) is 57.5 cm³/mol. The van der Waals surface area contributed by atoms with Crippen molar-refractivity contribution in [2.45, 2.75) is 38.8 Å². The summed E-state index contributed by atoms with van der Waals surface area (Å²) in [5.41, 5.74) is 0. The Morgan fingerprint density at radius 3 is 2.57 bits per heavy atom. The van der Waals surface area contributed by atoms with Crippen LogP contribution >= 0.6 is 0 Å². The molecule has 0 spiro atoms. The first-order valence-corrected chi connectivity index (χ1v) is 5.59. The van der Waals surface area contributed by atoms with Crippen LogP contribution in [0.1, 0.15) is 26.7 Å². The molecule has 0 aromatic rings. The van der Waals surface area contributed by atoms with Crippen molar-refractivity contribution < 1.29 is 9.47 Å². The Morgan fingerprint density at radius 2 is 2.00 bits per heavy atom. The average molecular weight is 201 g/mol. The molecule has 3 heteroatoms. The second-order valence-electron chi connectivity index (χ2n) is 4.42. The summed E-state index contributed by atoms with van der Waals surface area (Å²) in [4.78, 5) is 0. The molecule has 1 N–H and O–H groups in total. The molecule has 0 aliphatic heterocycles. The predicted octanol–water partition coefficient (Wildman–Crippen LogP) is 1.43. The molecular formula is C11H23NO2. The summed E-state index contributed by atoms with van der Waals surface area (Å²) < 4.78 is 11.1. The molecule has 0 bridgehead atoms. The molecule has 1 rings (SSSR count).